The zero-order valence-corrected chi connectivity index (χ0v) is 13.9. The van der Waals surface area contributed by atoms with Gasteiger partial charge < -0.3 is 4.90 Å². The monoisotopic (exact) mass is 339 g/mol. The molecule has 1 aliphatic rings. The number of hydrogen-bond donors (Lipinski definition) is 0. The van der Waals surface area contributed by atoms with Gasteiger partial charge in [0, 0.05) is 30.2 Å². The standard InChI is InChI=1S/C17H17N5OS/c23-17(15-12-24-16(19-15)13-4-2-1-3-5-13)21-9-6-14(7-10-21)22-11-8-18-20-22/h1-5,8,11-12,14H,6-7,9-10H2. The number of rotatable bonds is 3. The first-order chi connectivity index (χ1) is 11.8. The Kier molecular flexibility index (Phi) is 4.08. The second-order valence-electron chi connectivity index (χ2n) is 5.81. The molecule has 0 unspecified atom stereocenters. The second kappa shape index (κ2) is 6.52. The van der Waals surface area contributed by atoms with Crippen LogP contribution in [0.4, 0.5) is 0 Å². The van der Waals surface area contributed by atoms with Crippen molar-refractivity contribution in [2.45, 2.75) is 18.9 Å². The number of carbonyl (C=O) groups is 1. The summed E-state index contributed by atoms with van der Waals surface area (Å²) in [7, 11) is 0. The zero-order chi connectivity index (χ0) is 16.4. The molecule has 0 bridgehead atoms. The highest BCUT2D eigenvalue weighted by atomic mass is 32.1. The van der Waals surface area contributed by atoms with Crippen LogP contribution in [-0.2, 0) is 0 Å². The minimum Gasteiger partial charge on any atom is -0.337 e. The number of hydrogen-bond acceptors (Lipinski definition) is 5. The summed E-state index contributed by atoms with van der Waals surface area (Å²) in [5, 5.41) is 10.7. The summed E-state index contributed by atoms with van der Waals surface area (Å²) in [4.78, 5) is 19.1. The van der Waals surface area contributed by atoms with E-state index in [0.717, 1.165) is 36.5 Å². The summed E-state index contributed by atoms with van der Waals surface area (Å²) < 4.78 is 1.89. The fourth-order valence-electron chi connectivity index (χ4n) is 2.99. The van der Waals surface area contributed by atoms with Gasteiger partial charge in [-0.3, -0.25) is 4.79 Å². The molecule has 0 spiro atoms. The van der Waals surface area contributed by atoms with Crippen molar-refractivity contribution in [3.63, 3.8) is 0 Å². The fraction of sp³-hybridized carbons (Fsp3) is 0.294. The molecule has 0 N–H and O–H groups in total. The Morgan fingerprint density at radius 2 is 1.96 bits per heavy atom. The Labute approximate surface area is 143 Å². The second-order valence-corrected chi connectivity index (χ2v) is 6.67. The molecule has 1 aliphatic heterocycles. The highest BCUT2D eigenvalue weighted by molar-refractivity contribution is 7.13. The molecule has 1 aromatic carbocycles. The molecule has 0 atom stereocenters. The van der Waals surface area contributed by atoms with E-state index >= 15 is 0 Å². The first-order valence-corrected chi connectivity index (χ1v) is 8.85. The van der Waals surface area contributed by atoms with Gasteiger partial charge in [-0.25, -0.2) is 9.67 Å². The molecule has 4 rings (SSSR count). The van der Waals surface area contributed by atoms with Crippen LogP contribution >= 0.6 is 11.3 Å². The smallest absolute Gasteiger partial charge is 0.273 e. The van der Waals surface area contributed by atoms with Crippen LogP contribution in [0.2, 0.25) is 0 Å². The molecule has 0 aliphatic carbocycles. The van der Waals surface area contributed by atoms with Crippen LogP contribution in [0.25, 0.3) is 10.6 Å². The van der Waals surface area contributed by atoms with Crippen LogP contribution in [0.5, 0.6) is 0 Å². The third-order valence-corrected chi connectivity index (χ3v) is 5.20. The molecule has 122 valence electrons. The largest absolute Gasteiger partial charge is 0.337 e. The molecule has 3 heterocycles. The molecular formula is C17H17N5OS. The van der Waals surface area contributed by atoms with Gasteiger partial charge in [0.15, 0.2) is 0 Å². The Morgan fingerprint density at radius 1 is 1.17 bits per heavy atom. The predicted octanol–water partition coefficient (Wildman–Crippen LogP) is 2.88. The normalized spacial score (nSPS) is 15.6. The average molecular weight is 339 g/mol. The number of likely N-dealkylation sites (tertiary alicyclic amines) is 1. The van der Waals surface area contributed by atoms with Crippen LogP contribution in [0, 0.1) is 0 Å². The maximum absolute atomic E-state index is 12.7. The number of aromatic nitrogens is 4. The minimum atomic E-state index is 0.0190. The van der Waals surface area contributed by atoms with E-state index in [-0.39, 0.29) is 5.91 Å². The maximum atomic E-state index is 12.7. The number of benzene rings is 1. The van der Waals surface area contributed by atoms with Crippen molar-refractivity contribution < 1.29 is 4.79 Å². The summed E-state index contributed by atoms with van der Waals surface area (Å²) in [5.74, 6) is 0.0190. The van der Waals surface area contributed by atoms with Gasteiger partial charge in [-0.2, -0.15) is 0 Å². The van der Waals surface area contributed by atoms with E-state index in [1.807, 2.05) is 51.5 Å². The Balaban J connectivity index is 1.43. The van der Waals surface area contributed by atoms with Crippen LogP contribution in [0.15, 0.2) is 48.1 Å². The first-order valence-electron chi connectivity index (χ1n) is 7.97. The molecule has 0 radical (unpaired) electrons. The number of amides is 1. The van der Waals surface area contributed by atoms with Crippen molar-refractivity contribution in [2.75, 3.05) is 13.1 Å². The van der Waals surface area contributed by atoms with E-state index in [2.05, 4.69) is 15.3 Å². The molecule has 0 saturated carbocycles. The van der Waals surface area contributed by atoms with Crippen molar-refractivity contribution in [2.24, 2.45) is 0 Å². The average Bonchev–Trinajstić information content (AvgIpc) is 3.34. The van der Waals surface area contributed by atoms with Crippen molar-refractivity contribution in [1.29, 1.82) is 0 Å². The van der Waals surface area contributed by atoms with Gasteiger partial charge in [0.05, 0.1) is 12.2 Å². The summed E-state index contributed by atoms with van der Waals surface area (Å²) in [5.41, 5.74) is 1.59. The van der Waals surface area contributed by atoms with Gasteiger partial charge in [0.2, 0.25) is 0 Å². The van der Waals surface area contributed by atoms with Crippen molar-refractivity contribution >= 4 is 17.2 Å². The van der Waals surface area contributed by atoms with Gasteiger partial charge in [-0.1, -0.05) is 35.5 Å². The molecule has 1 saturated heterocycles. The lowest BCUT2D eigenvalue weighted by molar-refractivity contribution is 0.0684. The van der Waals surface area contributed by atoms with E-state index in [9.17, 15) is 4.79 Å². The van der Waals surface area contributed by atoms with Crippen molar-refractivity contribution in [3.8, 4) is 10.6 Å². The molecule has 1 fully saturated rings. The van der Waals surface area contributed by atoms with E-state index in [0.29, 0.717) is 11.7 Å². The third-order valence-electron chi connectivity index (χ3n) is 4.31. The quantitative estimate of drug-likeness (QED) is 0.736. The van der Waals surface area contributed by atoms with E-state index in [1.54, 1.807) is 6.20 Å². The highest BCUT2D eigenvalue weighted by Crippen LogP contribution is 2.26. The van der Waals surface area contributed by atoms with E-state index in [4.69, 9.17) is 0 Å². The number of thiazole rings is 1. The van der Waals surface area contributed by atoms with Crippen molar-refractivity contribution in [1.82, 2.24) is 24.9 Å². The van der Waals surface area contributed by atoms with Crippen LogP contribution in [0.3, 0.4) is 0 Å². The Bertz CT molecular complexity index is 807. The lowest BCUT2D eigenvalue weighted by Gasteiger charge is -2.31. The lowest BCUT2D eigenvalue weighted by Crippen LogP contribution is -2.39. The number of nitrogens with zero attached hydrogens (tertiary/aromatic N) is 5. The molecule has 24 heavy (non-hydrogen) atoms. The molecule has 7 heteroatoms. The molecule has 3 aromatic rings. The number of carbonyl (C=O) groups excluding carboxylic acids is 1. The van der Waals surface area contributed by atoms with Crippen molar-refractivity contribution in [3.05, 3.63) is 53.8 Å². The van der Waals surface area contributed by atoms with Gasteiger partial charge in [0.1, 0.15) is 10.7 Å². The molecule has 1 amide bonds. The first kappa shape index (κ1) is 15.0. The highest BCUT2D eigenvalue weighted by Gasteiger charge is 2.26. The third kappa shape index (κ3) is 2.94. The van der Waals surface area contributed by atoms with Crippen LogP contribution in [-0.4, -0.2) is 43.9 Å². The van der Waals surface area contributed by atoms with Gasteiger partial charge in [0.25, 0.3) is 5.91 Å². The zero-order valence-electron chi connectivity index (χ0n) is 13.1. The van der Waals surface area contributed by atoms with Gasteiger partial charge in [-0.15, -0.1) is 16.4 Å². The topological polar surface area (TPSA) is 63.9 Å². The molecule has 6 nitrogen and oxygen atoms in total. The predicted molar refractivity (Wildman–Crippen MR) is 91.7 cm³/mol. The summed E-state index contributed by atoms with van der Waals surface area (Å²) >= 11 is 1.51. The Morgan fingerprint density at radius 3 is 2.67 bits per heavy atom. The fourth-order valence-corrected chi connectivity index (χ4v) is 3.79. The summed E-state index contributed by atoms with van der Waals surface area (Å²) in [6.45, 7) is 1.45. The Hall–Kier alpha value is -2.54. The summed E-state index contributed by atoms with van der Waals surface area (Å²) in [6, 6.07) is 10.3. The SMILES string of the molecule is O=C(c1csc(-c2ccccc2)n1)N1CCC(n2ccnn2)CC1. The van der Waals surface area contributed by atoms with E-state index in [1.165, 1.54) is 11.3 Å². The number of piperidine rings is 1. The summed E-state index contributed by atoms with van der Waals surface area (Å²) in [6.07, 6.45) is 5.36. The molecular weight excluding hydrogens is 322 g/mol. The van der Waals surface area contributed by atoms with Crippen LogP contribution < -0.4 is 0 Å². The minimum absolute atomic E-state index is 0.0190. The molecule has 2 aromatic heterocycles. The lowest BCUT2D eigenvalue weighted by atomic mass is 10.1. The maximum Gasteiger partial charge on any atom is 0.273 e. The van der Waals surface area contributed by atoms with Crippen LogP contribution in [0.1, 0.15) is 29.4 Å². The van der Waals surface area contributed by atoms with Gasteiger partial charge in [-0.05, 0) is 12.8 Å². The van der Waals surface area contributed by atoms with E-state index < -0.39 is 0 Å². The van der Waals surface area contributed by atoms with Gasteiger partial charge >= 0.3 is 0 Å².